The molecule has 33 heavy (non-hydrogen) atoms. The lowest BCUT2D eigenvalue weighted by molar-refractivity contribution is -0.138. The standard InChI is InChI=1S/C24H27F3N4O2/c25-24(26,27)19-11-18(6-3-16(19)12-28)31-13-20(21(32)29-17-4-5-17)23(14-31)7-9-30(10-8-23)22(33)15-1-2-15/h3,6,11,15,17,20H,1-2,4-5,7-10,13-14H2,(H,29,32). The van der Waals surface area contributed by atoms with Crippen molar-refractivity contribution in [2.24, 2.45) is 17.3 Å². The van der Waals surface area contributed by atoms with Crippen LogP contribution in [0.2, 0.25) is 0 Å². The van der Waals surface area contributed by atoms with Crippen LogP contribution in [0.15, 0.2) is 18.2 Å². The van der Waals surface area contributed by atoms with Gasteiger partial charge < -0.3 is 15.1 Å². The second kappa shape index (κ2) is 7.93. The van der Waals surface area contributed by atoms with Crippen molar-refractivity contribution in [1.82, 2.24) is 10.2 Å². The normalized spacial score (nSPS) is 24.6. The number of carbonyl (C=O) groups excluding carboxylic acids is 2. The summed E-state index contributed by atoms with van der Waals surface area (Å²) < 4.78 is 40.6. The fraction of sp³-hybridized carbons (Fsp3) is 0.625. The zero-order valence-corrected chi connectivity index (χ0v) is 18.3. The van der Waals surface area contributed by atoms with Gasteiger partial charge in [-0.15, -0.1) is 0 Å². The van der Waals surface area contributed by atoms with Gasteiger partial charge in [0.2, 0.25) is 11.8 Å². The Hall–Kier alpha value is -2.76. The van der Waals surface area contributed by atoms with E-state index in [0.717, 1.165) is 31.7 Å². The first-order valence-corrected chi connectivity index (χ1v) is 11.7. The highest BCUT2D eigenvalue weighted by atomic mass is 19.4. The molecule has 0 aromatic heterocycles. The molecule has 1 spiro atoms. The van der Waals surface area contributed by atoms with Crippen LogP contribution in [0, 0.1) is 28.6 Å². The number of piperidine rings is 1. The zero-order chi connectivity index (χ0) is 23.4. The molecule has 1 unspecified atom stereocenters. The molecule has 2 heterocycles. The molecular weight excluding hydrogens is 433 g/mol. The first-order valence-electron chi connectivity index (χ1n) is 11.7. The molecule has 2 aliphatic carbocycles. The molecule has 2 saturated carbocycles. The number of rotatable bonds is 4. The number of amides is 2. The summed E-state index contributed by atoms with van der Waals surface area (Å²) in [7, 11) is 0. The Morgan fingerprint density at radius 3 is 2.39 bits per heavy atom. The highest BCUT2D eigenvalue weighted by molar-refractivity contribution is 5.83. The molecule has 2 aliphatic heterocycles. The van der Waals surface area contributed by atoms with E-state index in [9.17, 15) is 22.8 Å². The Labute approximate surface area is 190 Å². The van der Waals surface area contributed by atoms with Gasteiger partial charge in [0.25, 0.3) is 0 Å². The van der Waals surface area contributed by atoms with Gasteiger partial charge in [0.1, 0.15) is 0 Å². The van der Waals surface area contributed by atoms with E-state index in [1.807, 2.05) is 9.80 Å². The molecule has 0 bridgehead atoms. The summed E-state index contributed by atoms with van der Waals surface area (Å²) >= 11 is 0. The summed E-state index contributed by atoms with van der Waals surface area (Å²) in [5.74, 6) is -0.0407. The number of carbonyl (C=O) groups is 2. The van der Waals surface area contributed by atoms with Crippen LogP contribution >= 0.6 is 0 Å². The summed E-state index contributed by atoms with van der Waals surface area (Å²) in [5.41, 5.74) is -1.37. The number of likely N-dealkylation sites (tertiary alicyclic amines) is 1. The Morgan fingerprint density at radius 1 is 1.12 bits per heavy atom. The summed E-state index contributed by atoms with van der Waals surface area (Å²) in [4.78, 5) is 29.4. The molecule has 2 amide bonds. The van der Waals surface area contributed by atoms with Gasteiger partial charge in [0, 0.05) is 49.2 Å². The van der Waals surface area contributed by atoms with E-state index >= 15 is 0 Å². The first-order chi connectivity index (χ1) is 15.7. The maximum absolute atomic E-state index is 13.5. The van der Waals surface area contributed by atoms with Gasteiger partial charge in [-0.3, -0.25) is 9.59 Å². The van der Waals surface area contributed by atoms with E-state index in [-0.39, 0.29) is 35.1 Å². The monoisotopic (exact) mass is 460 g/mol. The van der Waals surface area contributed by atoms with Gasteiger partial charge in [-0.2, -0.15) is 18.4 Å². The third kappa shape index (κ3) is 4.28. The number of anilines is 1. The van der Waals surface area contributed by atoms with Crippen LogP contribution in [-0.2, 0) is 15.8 Å². The molecule has 6 nitrogen and oxygen atoms in total. The largest absolute Gasteiger partial charge is 0.417 e. The van der Waals surface area contributed by atoms with Crippen molar-refractivity contribution in [2.45, 2.75) is 50.7 Å². The highest BCUT2D eigenvalue weighted by Gasteiger charge is 2.53. The van der Waals surface area contributed by atoms with Crippen LogP contribution < -0.4 is 10.2 Å². The average molecular weight is 461 g/mol. The number of nitrogens with one attached hydrogen (secondary N) is 1. The quantitative estimate of drug-likeness (QED) is 0.748. The van der Waals surface area contributed by atoms with Gasteiger partial charge >= 0.3 is 6.18 Å². The first kappa shape index (κ1) is 22.1. The molecule has 4 aliphatic rings. The number of halogens is 3. The van der Waals surface area contributed by atoms with Crippen molar-refractivity contribution in [3.8, 4) is 6.07 Å². The van der Waals surface area contributed by atoms with E-state index in [1.54, 1.807) is 6.07 Å². The van der Waals surface area contributed by atoms with Gasteiger partial charge in [-0.1, -0.05) is 0 Å². The molecule has 1 aromatic carbocycles. The second-order valence-electron chi connectivity index (χ2n) is 10.0. The molecule has 176 valence electrons. The van der Waals surface area contributed by atoms with Crippen molar-refractivity contribution in [1.29, 1.82) is 5.26 Å². The SMILES string of the molecule is N#Cc1ccc(N2CC(C(=O)NC3CC3)C3(CCN(C(=O)C4CC4)CC3)C2)cc1C(F)(F)F. The maximum Gasteiger partial charge on any atom is 0.417 e. The molecular formula is C24H27F3N4O2. The molecule has 1 aromatic rings. The average Bonchev–Trinajstić information content (AvgIpc) is 3.72. The van der Waals surface area contributed by atoms with E-state index in [1.165, 1.54) is 12.1 Å². The molecule has 0 radical (unpaired) electrons. The van der Waals surface area contributed by atoms with Crippen molar-refractivity contribution in [2.75, 3.05) is 31.1 Å². The Kier molecular flexibility index (Phi) is 5.30. The van der Waals surface area contributed by atoms with Crippen LogP contribution in [-0.4, -0.2) is 48.9 Å². The minimum atomic E-state index is -4.63. The van der Waals surface area contributed by atoms with Crippen molar-refractivity contribution in [3.05, 3.63) is 29.3 Å². The molecule has 1 N–H and O–H groups in total. The Morgan fingerprint density at radius 2 is 1.82 bits per heavy atom. The van der Waals surface area contributed by atoms with Crippen LogP contribution in [0.25, 0.3) is 0 Å². The van der Waals surface area contributed by atoms with Crippen molar-refractivity contribution in [3.63, 3.8) is 0 Å². The summed E-state index contributed by atoms with van der Waals surface area (Å²) in [6.07, 6.45) is 0.505. The zero-order valence-electron chi connectivity index (χ0n) is 18.3. The predicted octanol–water partition coefficient (Wildman–Crippen LogP) is 3.31. The van der Waals surface area contributed by atoms with Crippen LogP contribution in [0.3, 0.4) is 0 Å². The van der Waals surface area contributed by atoms with Gasteiger partial charge in [-0.05, 0) is 56.7 Å². The van der Waals surface area contributed by atoms with Crippen LogP contribution in [0.1, 0.15) is 49.7 Å². The van der Waals surface area contributed by atoms with E-state index in [0.29, 0.717) is 44.7 Å². The fourth-order valence-electron chi connectivity index (χ4n) is 5.38. The topological polar surface area (TPSA) is 76.4 Å². The fourth-order valence-corrected chi connectivity index (χ4v) is 5.38. The highest BCUT2D eigenvalue weighted by Crippen LogP contribution is 2.48. The minimum absolute atomic E-state index is 0.0355. The minimum Gasteiger partial charge on any atom is -0.370 e. The van der Waals surface area contributed by atoms with Gasteiger partial charge in [0.15, 0.2) is 0 Å². The lowest BCUT2D eigenvalue weighted by Gasteiger charge is -2.42. The molecule has 5 rings (SSSR count). The van der Waals surface area contributed by atoms with E-state index in [2.05, 4.69) is 5.32 Å². The number of nitriles is 1. The van der Waals surface area contributed by atoms with Crippen LogP contribution in [0.5, 0.6) is 0 Å². The molecule has 2 saturated heterocycles. The van der Waals surface area contributed by atoms with Crippen LogP contribution in [0.4, 0.5) is 18.9 Å². The Balaban J connectivity index is 1.40. The second-order valence-corrected chi connectivity index (χ2v) is 10.0. The van der Waals surface area contributed by atoms with E-state index in [4.69, 9.17) is 5.26 Å². The Bertz CT molecular complexity index is 1000. The summed E-state index contributed by atoms with van der Waals surface area (Å²) in [6.45, 7) is 1.96. The number of hydrogen-bond donors (Lipinski definition) is 1. The van der Waals surface area contributed by atoms with Crippen molar-refractivity contribution >= 4 is 17.5 Å². The third-order valence-electron chi connectivity index (χ3n) is 7.68. The van der Waals surface area contributed by atoms with Crippen molar-refractivity contribution < 1.29 is 22.8 Å². The van der Waals surface area contributed by atoms with E-state index < -0.39 is 17.3 Å². The van der Waals surface area contributed by atoms with Gasteiger partial charge in [0.05, 0.1) is 23.1 Å². The lowest BCUT2D eigenvalue weighted by Crippen LogP contribution is -2.50. The molecule has 9 heteroatoms. The number of alkyl halides is 3. The maximum atomic E-state index is 13.5. The number of hydrogen-bond acceptors (Lipinski definition) is 4. The molecule has 4 fully saturated rings. The van der Waals surface area contributed by atoms with Gasteiger partial charge in [-0.25, -0.2) is 0 Å². The molecule has 1 atom stereocenters. The predicted molar refractivity (Wildman–Crippen MR) is 114 cm³/mol. The summed E-state index contributed by atoms with van der Waals surface area (Å²) in [5, 5.41) is 12.2. The lowest BCUT2D eigenvalue weighted by atomic mass is 9.70. The smallest absolute Gasteiger partial charge is 0.370 e. The number of nitrogens with zero attached hydrogens (tertiary/aromatic N) is 3. The third-order valence-corrected chi connectivity index (χ3v) is 7.68. The summed E-state index contributed by atoms with van der Waals surface area (Å²) in [6, 6.07) is 5.59. The number of benzene rings is 1.